The Kier molecular flexibility index (Phi) is 3.79. The summed E-state index contributed by atoms with van der Waals surface area (Å²) in [7, 11) is 0. The Labute approximate surface area is 107 Å². The smallest absolute Gasteiger partial charge is 0.172 e. The van der Waals surface area contributed by atoms with Gasteiger partial charge in [-0.2, -0.15) is 0 Å². The van der Waals surface area contributed by atoms with Crippen molar-refractivity contribution in [2.45, 2.75) is 12.3 Å². The van der Waals surface area contributed by atoms with Crippen molar-refractivity contribution >= 4 is 0 Å². The fourth-order valence-corrected chi connectivity index (χ4v) is 2.11. The van der Waals surface area contributed by atoms with Gasteiger partial charge in [0.25, 0.3) is 0 Å². The largest absolute Gasteiger partial charge is 1.00 e. The molecule has 0 aliphatic carbocycles. The molecule has 2 atom stereocenters. The molecule has 1 heterocycles. The van der Waals surface area contributed by atoms with Crippen LogP contribution < -0.4 is 23.0 Å². The highest BCUT2D eigenvalue weighted by molar-refractivity contribution is 5.21. The molecule has 2 aromatic rings. The fraction of sp³-hybridized carbons (Fsp3) is 0.143. The number of halogens is 1. The quantitative estimate of drug-likeness (QED) is 0.668. The van der Waals surface area contributed by atoms with E-state index in [1.165, 1.54) is 11.1 Å². The Bertz CT molecular complexity index is 409. The van der Waals surface area contributed by atoms with Crippen molar-refractivity contribution in [1.29, 1.82) is 0 Å². The van der Waals surface area contributed by atoms with E-state index in [2.05, 4.69) is 71.3 Å². The maximum absolute atomic E-state index is 3.56. The summed E-state index contributed by atoms with van der Waals surface area (Å²) in [5, 5.41) is 5.91. The van der Waals surface area contributed by atoms with Crippen LogP contribution >= 0.6 is 0 Å². The van der Waals surface area contributed by atoms with Crippen LogP contribution in [-0.4, -0.2) is 0 Å². The Hall–Kier alpha value is -1.35. The van der Waals surface area contributed by atoms with E-state index in [1.54, 1.807) is 0 Å². The predicted octanol–water partition coefficient (Wildman–Crippen LogP) is -1.45. The standard InChI is InChI=1S/C14H14N2.ClH/c1-3-7-11(8-4-1)13-15-14(16-13)12-9-5-2-6-10-12;/h1-10,13-16H;1H. The summed E-state index contributed by atoms with van der Waals surface area (Å²) < 4.78 is 0. The van der Waals surface area contributed by atoms with Gasteiger partial charge in [0, 0.05) is 11.1 Å². The minimum Gasteiger partial charge on any atom is -1.00 e. The number of nitrogens with one attached hydrogen (secondary N) is 1. The minimum atomic E-state index is 0. The maximum atomic E-state index is 3.56. The van der Waals surface area contributed by atoms with E-state index in [0.29, 0.717) is 12.3 Å². The second-order valence-corrected chi connectivity index (χ2v) is 4.14. The highest BCUT2D eigenvalue weighted by Crippen LogP contribution is 2.18. The summed E-state index contributed by atoms with van der Waals surface area (Å²) in [5.74, 6) is 0. The summed E-state index contributed by atoms with van der Waals surface area (Å²) in [4.78, 5) is 0. The molecule has 3 N–H and O–H groups in total. The van der Waals surface area contributed by atoms with Crippen molar-refractivity contribution in [3.8, 4) is 0 Å². The third-order valence-corrected chi connectivity index (χ3v) is 3.06. The minimum absolute atomic E-state index is 0. The van der Waals surface area contributed by atoms with Gasteiger partial charge in [0.15, 0.2) is 12.3 Å². The molecular weight excluding hydrogens is 232 g/mol. The summed E-state index contributed by atoms with van der Waals surface area (Å²) in [6.45, 7) is 0. The first-order chi connectivity index (χ1) is 7.93. The van der Waals surface area contributed by atoms with Crippen LogP contribution in [0.25, 0.3) is 0 Å². The predicted molar refractivity (Wildman–Crippen MR) is 63.4 cm³/mol. The van der Waals surface area contributed by atoms with Crippen molar-refractivity contribution < 1.29 is 17.7 Å². The van der Waals surface area contributed by atoms with Gasteiger partial charge in [-0.05, 0) is 0 Å². The van der Waals surface area contributed by atoms with Crippen LogP contribution in [0.15, 0.2) is 60.7 Å². The van der Waals surface area contributed by atoms with Crippen LogP contribution in [0.5, 0.6) is 0 Å². The van der Waals surface area contributed by atoms with Gasteiger partial charge in [-0.1, -0.05) is 60.7 Å². The Morgan fingerprint density at radius 2 is 1.06 bits per heavy atom. The van der Waals surface area contributed by atoms with Gasteiger partial charge in [0.05, 0.1) is 0 Å². The SMILES string of the molecule is [Cl-].c1ccc(C2NC(c3ccccc3)[NH2+]2)cc1. The molecule has 3 heteroatoms. The van der Waals surface area contributed by atoms with Crippen molar-refractivity contribution in [1.82, 2.24) is 5.32 Å². The summed E-state index contributed by atoms with van der Waals surface area (Å²) >= 11 is 0. The zero-order valence-corrected chi connectivity index (χ0v) is 10.1. The Morgan fingerprint density at radius 3 is 1.41 bits per heavy atom. The van der Waals surface area contributed by atoms with Gasteiger partial charge in [-0.15, -0.1) is 0 Å². The van der Waals surface area contributed by atoms with E-state index in [1.807, 2.05) is 0 Å². The van der Waals surface area contributed by atoms with E-state index in [9.17, 15) is 0 Å². The zero-order chi connectivity index (χ0) is 10.8. The van der Waals surface area contributed by atoms with Gasteiger partial charge < -0.3 is 17.7 Å². The van der Waals surface area contributed by atoms with E-state index in [-0.39, 0.29) is 12.4 Å². The average Bonchev–Trinajstić information content (AvgIpc) is 2.30. The lowest BCUT2D eigenvalue weighted by atomic mass is 10.0. The number of quaternary nitrogens is 1. The number of hydrogen-bond donors (Lipinski definition) is 2. The van der Waals surface area contributed by atoms with Gasteiger partial charge in [-0.25, -0.2) is 5.32 Å². The zero-order valence-electron chi connectivity index (χ0n) is 9.38. The van der Waals surface area contributed by atoms with E-state index < -0.39 is 0 Å². The fourth-order valence-electron chi connectivity index (χ4n) is 2.11. The first-order valence-corrected chi connectivity index (χ1v) is 5.64. The molecule has 0 spiro atoms. The summed E-state index contributed by atoms with van der Waals surface area (Å²) in [6, 6.07) is 21.1. The lowest BCUT2D eigenvalue weighted by Crippen LogP contribution is -3.01. The van der Waals surface area contributed by atoms with Crippen molar-refractivity contribution in [2.75, 3.05) is 0 Å². The van der Waals surface area contributed by atoms with Crippen LogP contribution in [-0.2, 0) is 0 Å². The van der Waals surface area contributed by atoms with E-state index in [4.69, 9.17) is 0 Å². The van der Waals surface area contributed by atoms with Crippen LogP contribution in [0.2, 0.25) is 0 Å². The highest BCUT2D eigenvalue weighted by Gasteiger charge is 2.33. The molecule has 0 aromatic heterocycles. The monoisotopic (exact) mass is 246 g/mol. The van der Waals surface area contributed by atoms with Gasteiger partial charge in [0.1, 0.15) is 0 Å². The molecule has 2 unspecified atom stereocenters. The second-order valence-electron chi connectivity index (χ2n) is 4.14. The van der Waals surface area contributed by atoms with Crippen LogP contribution in [0.1, 0.15) is 23.5 Å². The number of rotatable bonds is 2. The topological polar surface area (TPSA) is 28.6 Å². The molecule has 0 bridgehead atoms. The molecule has 2 aromatic carbocycles. The van der Waals surface area contributed by atoms with Crippen LogP contribution in [0.3, 0.4) is 0 Å². The summed E-state index contributed by atoms with van der Waals surface area (Å²) in [6.07, 6.45) is 0.817. The van der Waals surface area contributed by atoms with Crippen LogP contribution in [0, 0.1) is 0 Å². The van der Waals surface area contributed by atoms with Crippen molar-refractivity contribution in [3.63, 3.8) is 0 Å². The Balaban J connectivity index is 0.00000108. The molecule has 0 amide bonds. The molecule has 3 rings (SSSR count). The lowest BCUT2D eigenvalue weighted by Gasteiger charge is -2.34. The molecule has 1 aliphatic rings. The van der Waals surface area contributed by atoms with E-state index >= 15 is 0 Å². The molecule has 1 aliphatic heterocycles. The third-order valence-electron chi connectivity index (χ3n) is 3.06. The first kappa shape index (κ1) is 12.1. The molecule has 17 heavy (non-hydrogen) atoms. The molecule has 1 fully saturated rings. The van der Waals surface area contributed by atoms with Crippen molar-refractivity contribution in [3.05, 3.63) is 71.8 Å². The van der Waals surface area contributed by atoms with Gasteiger partial charge in [0.2, 0.25) is 0 Å². The third kappa shape index (κ3) is 2.50. The molecule has 2 nitrogen and oxygen atoms in total. The average molecular weight is 247 g/mol. The highest BCUT2D eigenvalue weighted by atomic mass is 35.5. The molecule has 0 radical (unpaired) electrons. The van der Waals surface area contributed by atoms with Crippen LogP contribution in [0.4, 0.5) is 0 Å². The first-order valence-electron chi connectivity index (χ1n) is 5.64. The lowest BCUT2D eigenvalue weighted by molar-refractivity contribution is -0.809. The Morgan fingerprint density at radius 1 is 0.706 bits per heavy atom. The molecular formula is C14H15ClN2. The maximum Gasteiger partial charge on any atom is 0.172 e. The summed E-state index contributed by atoms with van der Waals surface area (Å²) in [5.41, 5.74) is 2.68. The second kappa shape index (κ2) is 5.32. The normalized spacial score (nSPS) is 22.4. The molecule has 88 valence electrons. The number of hydrogen-bond acceptors (Lipinski definition) is 1. The van der Waals surface area contributed by atoms with Crippen molar-refractivity contribution in [2.24, 2.45) is 0 Å². The number of nitrogens with two attached hydrogens (primary N) is 1. The van der Waals surface area contributed by atoms with Gasteiger partial charge >= 0.3 is 0 Å². The van der Waals surface area contributed by atoms with E-state index in [0.717, 1.165) is 0 Å². The number of benzene rings is 2. The molecule has 1 saturated heterocycles. The van der Waals surface area contributed by atoms with Gasteiger partial charge in [-0.3, -0.25) is 0 Å². The molecule has 0 saturated carbocycles.